The molecule has 0 aromatic heterocycles. The standard InChI is InChI=1S/C12H15BrO3/c1-6-5-10(16-9(4)12(14)15)7(2)8(3)11(6)13/h5,9H,1-4H3,(H,14,15). The van der Waals surface area contributed by atoms with Crippen molar-refractivity contribution in [3.05, 3.63) is 27.2 Å². The summed E-state index contributed by atoms with van der Waals surface area (Å²) < 4.78 is 6.44. The fourth-order valence-electron chi connectivity index (χ4n) is 1.38. The van der Waals surface area contributed by atoms with E-state index < -0.39 is 12.1 Å². The highest BCUT2D eigenvalue weighted by Gasteiger charge is 2.16. The lowest BCUT2D eigenvalue weighted by Crippen LogP contribution is -2.23. The van der Waals surface area contributed by atoms with E-state index in [9.17, 15) is 4.79 Å². The minimum Gasteiger partial charge on any atom is -0.479 e. The van der Waals surface area contributed by atoms with Gasteiger partial charge in [0.05, 0.1) is 0 Å². The molecule has 0 saturated heterocycles. The number of carboxylic acids is 1. The predicted molar refractivity (Wildman–Crippen MR) is 66.1 cm³/mol. The summed E-state index contributed by atoms with van der Waals surface area (Å²) in [7, 11) is 0. The first kappa shape index (κ1) is 13.0. The number of hydrogen-bond donors (Lipinski definition) is 1. The zero-order valence-electron chi connectivity index (χ0n) is 9.80. The minimum absolute atomic E-state index is 0.633. The van der Waals surface area contributed by atoms with E-state index in [1.807, 2.05) is 26.8 Å². The molecule has 1 aromatic carbocycles. The van der Waals surface area contributed by atoms with Crippen molar-refractivity contribution in [1.82, 2.24) is 0 Å². The second kappa shape index (κ2) is 4.87. The van der Waals surface area contributed by atoms with Gasteiger partial charge in [0.2, 0.25) is 0 Å². The summed E-state index contributed by atoms with van der Waals surface area (Å²) in [6.45, 7) is 7.37. The van der Waals surface area contributed by atoms with Gasteiger partial charge in [-0.15, -0.1) is 0 Å². The maximum atomic E-state index is 10.7. The molecule has 0 fully saturated rings. The van der Waals surface area contributed by atoms with Gasteiger partial charge < -0.3 is 9.84 Å². The topological polar surface area (TPSA) is 46.5 Å². The number of aryl methyl sites for hydroxylation is 1. The van der Waals surface area contributed by atoms with Crippen LogP contribution in [-0.4, -0.2) is 17.2 Å². The normalized spacial score (nSPS) is 12.3. The third-order valence-corrected chi connectivity index (χ3v) is 3.83. The number of hydrogen-bond acceptors (Lipinski definition) is 2. The Labute approximate surface area is 104 Å². The molecule has 16 heavy (non-hydrogen) atoms. The van der Waals surface area contributed by atoms with Crippen molar-refractivity contribution >= 4 is 21.9 Å². The summed E-state index contributed by atoms with van der Waals surface area (Å²) in [4.78, 5) is 10.7. The Balaban J connectivity index is 3.11. The van der Waals surface area contributed by atoms with Gasteiger partial charge in [-0.05, 0) is 50.5 Å². The summed E-state index contributed by atoms with van der Waals surface area (Å²) in [5, 5.41) is 8.79. The number of rotatable bonds is 3. The minimum atomic E-state index is -0.961. The van der Waals surface area contributed by atoms with Crippen LogP contribution in [0.4, 0.5) is 0 Å². The third kappa shape index (κ3) is 2.55. The smallest absolute Gasteiger partial charge is 0.344 e. The van der Waals surface area contributed by atoms with Crippen molar-refractivity contribution < 1.29 is 14.6 Å². The molecule has 88 valence electrons. The molecule has 1 rings (SSSR count). The number of benzene rings is 1. The lowest BCUT2D eigenvalue weighted by molar-refractivity contribution is -0.144. The SMILES string of the molecule is Cc1cc(OC(C)C(=O)O)c(C)c(C)c1Br. The van der Waals surface area contributed by atoms with Crippen molar-refractivity contribution in [1.29, 1.82) is 0 Å². The molecule has 0 spiro atoms. The van der Waals surface area contributed by atoms with Crippen LogP contribution in [-0.2, 0) is 4.79 Å². The second-order valence-electron chi connectivity index (χ2n) is 3.85. The number of aliphatic carboxylic acids is 1. The van der Waals surface area contributed by atoms with Crippen molar-refractivity contribution in [3.8, 4) is 5.75 Å². The van der Waals surface area contributed by atoms with E-state index >= 15 is 0 Å². The van der Waals surface area contributed by atoms with E-state index in [-0.39, 0.29) is 0 Å². The molecule has 1 aromatic rings. The highest BCUT2D eigenvalue weighted by atomic mass is 79.9. The lowest BCUT2D eigenvalue weighted by Gasteiger charge is -2.16. The van der Waals surface area contributed by atoms with Crippen LogP contribution in [0.1, 0.15) is 23.6 Å². The zero-order valence-corrected chi connectivity index (χ0v) is 11.4. The van der Waals surface area contributed by atoms with E-state index in [1.54, 1.807) is 0 Å². The molecule has 1 atom stereocenters. The van der Waals surface area contributed by atoms with Gasteiger partial charge in [0.25, 0.3) is 0 Å². The van der Waals surface area contributed by atoms with E-state index in [0.717, 1.165) is 21.2 Å². The third-order valence-electron chi connectivity index (χ3n) is 2.61. The monoisotopic (exact) mass is 286 g/mol. The molecule has 0 aliphatic carbocycles. The Kier molecular flexibility index (Phi) is 3.97. The lowest BCUT2D eigenvalue weighted by atomic mass is 10.1. The average Bonchev–Trinajstić information content (AvgIpc) is 2.22. The molecule has 0 heterocycles. The van der Waals surface area contributed by atoms with Gasteiger partial charge in [0, 0.05) is 4.47 Å². The Bertz CT molecular complexity index is 427. The molecule has 1 unspecified atom stereocenters. The number of ether oxygens (including phenoxy) is 1. The van der Waals surface area contributed by atoms with Crippen LogP contribution in [0.2, 0.25) is 0 Å². The van der Waals surface area contributed by atoms with Crippen molar-refractivity contribution in [2.45, 2.75) is 33.8 Å². The number of carbonyl (C=O) groups is 1. The molecule has 1 N–H and O–H groups in total. The number of carboxylic acid groups (broad SMARTS) is 1. The molecule has 3 nitrogen and oxygen atoms in total. The molecule has 0 amide bonds. The molecular weight excluding hydrogens is 272 g/mol. The van der Waals surface area contributed by atoms with E-state index in [0.29, 0.717) is 5.75 Å². The van der Waals surface area contributed by atoms with E-state index in [4.69, 9.17) is 9.84 Å². The first-order valence-corrected chi connectivity index (χ1v) is 5.79. The maximum absolute atomic E-state index is 10.7. The van der Waals surface area contributed by atoms with Gasteiger partial charge >= 0.3 is 5.97 Å². The molecule has 4 heteroatoms. The second-order valence-corrected chi connectivity index (χ2v) is 4.65. The zero-order chi connectivity index (χ0) is 12.5. The van der Waals surface area contributed by atoms with Crippen molar-refractivity contribution in [2.75, 3.05) is 0 Å². The van der Waals surface area contributed by atoms with Crippen LogP contribution in [0.3, 0.4) is 0 Å². The highest BCUT2D eigenvalue weighted by molar-refractivity contribution is 9.10. The van der Waals surface area contributed by atoms with Gasteiger partial charge in [-0.1, -0.05) is 15.9 Å². The molecule has 0 bridgehead atoms. The summed E-state index contributed by atoms with van der Waals surface area (Å²) in [5.41, 5.74) is 3.08. The fraction of sp³-hybridized carbons (Fsp3) is 0.417. The van der Waals surface area contributed by atoms with Gasteiger partial charge in [0.15, 0.2) is 6.10 Å². The molecule has 0 radical (unpaired) electrons. The van der Waals surface area contributed by atoms with Crippen LogP contribution in [0.15, 0.2) is 10.5 Å². The van der Waals surface area contributed by atoms with Gasteiger partial charge in [-0.2, -0.15) is 0 Å². The summed E-state index contributed by atoms with van der Waals surface area (Å²) in [6, 6.07) is 1.85. The van der Waals surface area contributed by atoms with Crippen LogP contribution < -0.4 is 4.74 Å². The van der Waals surface area contributed by atoms with E-state index in [2.05, 4.69) is 15.9 Å². The average molecular weight is 287 g/mol. The molecule has 0 aliphatic heterocycles. The Hall–Kier alpha value is -1.03. The summed E-state index contributed by atoms with van der Waals surface area (Å²) >= 11 is 3.49. The Morgan fingerprint density at radius 1 is 1.38 bits per heavy atom. The number of halogens is 1. The predicted octanol–water partition coefficient (Wildman–Crippen LogP) is 3.23. The van der Waals surface area contributed by atoms with Gasteiger partial charge in [-0.25, -0.2) is 4.79 Å². The molecular formula is C12H15BrO3. The molecule has 0 saturated carbocycles. The molecule has 0 aliphatic rings. The largest absolute Gasteiger partial charge is 0.479 e. The van der Waals surface area contributed by atoms with Crippen LogP contribution in [0, 0.1) is 20.8 Å². The van der Waals surface area contributed by atoms with Gasteiger partial charge in [-0.3, -0.25) is 0 Å². The first-order chi connectivity index (χ1) is 7.34. The highest BCUT2D eigenvalue weighted by Crippen LogP contribution is 2.31. The quantitative estimate of drug-likeness (QED) is 0.928. The van der Waals surface area contributed by atoms with Crippen LogP contribution in [0.25, 0.3) is 0 Å². The summed E-state index contributed by atoms with van der Waals surface area (Å²) in [6.07, 6.45) is -0.835. The van der Waals surface area contributed by atoms with Crippen LogP contribution >= 0.6 is 15.9 Å². The fourth-order valence-corrected chi connectivity index (χ4v) is 1.79. The van der Waals surface area contributed by atoms with E-state index in [1.165, 1.54) is 6.92 Å². The first-order valence-electron chi connectivity index (χ1n) is 5.00. The maximum Gasteiger partial charge on any atom is 0.344 e. The summed E-state index contributed by atoms with van der Waals surface area (Å²) in [5.74, 6) is -0.328. The van der Waals surface area contributed by atoms with Crippen LogP contribution in [0.5, 0.6) is 5.75 Å². The Morgan fingerprint density at radius 2 is 1.94 bits per heavy atom. The van der Waals surface area contributed by atoms with Gasteiger partial charge in [0.1, 0.15) is 5.75 Å². The van der Waals surface area contributed by atoms with Crippen molar-refractivity contribution in [2.24, 2.45) is 0 Å². The van der Waals surface area contributed by atoms with Crippen molar-refractivity contribution in [3.63, 3.8) is 0 Å². The Morgan fingerprint density at radius 3 is 2.44 bits per heavy atom.